The number of carboxylic acids is 2. The first kappa shape index (κ1) is 31.7. The summed E-state index contributed by atoms with van der Waals surface area (Å²) in [5, 5.41) is 44.4. The zero-order chi connectivity index (χ0) is 32.0. The molecule has 0 radical (unpaired) electrons. The first-order valence-corrected chi connectivity index (χ1v) is 13.7. The molecule has 2 fully saturated rings. The highest BCUT2D eigenvalue weighted by molar-refractivity contribution is 5.96. The summed E-state index contributed by atoms with van der Waals surface area (Å²) in [7, 11) is 0. The minimum absolute atomic E-state index is 0.0560. The van der Waals surface area contributed by atoms with E-state index in [1.807, 2.05) is 0 Å². The van der Waals surface area contributed by atoms with Crippen LogP contribution >= 0.6 is 0 Å². The topological polar surface area (TPSA) is 232 Å². The Morgan fingerprint density at radius 2 is 1.64 bits per heavy atom. The van der Waals surface area contributed by atoms with Crippen molar-refractivity contribution in [2.24, 2.45) is 0 Å². The Bertz CT molecular complexity index is 1410. The lowest BCUT2D eigenvalue weighted by atomic mass is 10.1. The van der Waals surface area contributed by atoms with E-state index in [0.717, 1.165) is 9.80 Å². The van der Waals surface area contributed by atoms with Gasteiger partial charge in [0.1, 0.15) is 12.1 Å². The van der Waals surface area contributed by atoms with Crippen LogP contribution in [0.25, 0.3) is 5.69 Å². The molecule has 4 amide bonds. The van der Waals surface area contributed by atoms with Gasteiger partial charge >= 0.3 is 18.0 Å². The van der Waals surface area contributed by atoms with Gasteiger partial charge in [0.15, 0.2) is 12.3 Å². The third-order valence-electron chi connectivity index (χ3n) is 7.25. The van der Waals surface area contributed by atoms with Gasteiger partial charge in [0.2, 0.25) is 11.8 Å². The first-order chi connectivity index (χ1) is 20.9. The number of para-hydroxylation sites is 1. The molecular weight excluding hydrogens is 584 g/mol. The summed E-state index contributed by atoms with van der Waals surface area (Å²) >= 11 is 0. The van der Waals surface area contributed by atoms with Crippen molar-refractivity contribution < 1.29 is 53.9 Å². The Labute approximate surface area is 250 Å². The number of aliphatic hydroxyl groups is 1. The summed E-state index contributed by atoms with van der Waals surface area (Å²) in [4.78, 5) is 76.9. The van der Waals surface area contributed by atoms with Gasteiger partial charge in [-0.05, 0) is 18.6 Å². The largest absolute Gasteiger partial charge is 0.481 e. The highest BCUT2D eigenvalue weighted by atomic mass is 16.5. The zero-order valence-electron chi connectivity index (χ0n) is 23.4. The molecule has 17 heteroatoms. The molecule has 0 unspecified atom stereocenters. The third kappa shape index (κ3) is 7.60. The Hall–Kier alpha value is -5.19. The van der Waals surface area contributed by atoms with Gasteiger partial charge < -0.3 is 45.2 Å². The molecule has 4 rings (SSSR count). The van der Waals surface area contributed by atoms with Crippen molar-refractivity contribution in [1.82, 2.24) is 29.8 Å². The summed E-state index contributed by atoms with van der Waals surface area (Å²) in [5.41, 5.74) is 0.226. The molecule has 1 aromatic heterocycles. The highest BCUT2D eigenvalue weighted by Crippen LogP contribution is 2.22. The van der Waals surface area contributed by atoms with E-state index in [1.165, 1.54) is 15.6 Å². The van der Waals surface area contributed by atoms with Crippen molar-refractivity contribution in [2.45, 2.75) is 37.5 Å². The number of hydrogen-bond donors (Lipinski definition) is 5. The highest BCUT2D eigenvalue weighted by Gasteiger charge is 2.39. The molecule has 0 aliphatic carbocycles. The number of carbonyl (C=O) groups excluding carboxylic acids is 3. The van der Waals surface area contributed by atoms with Crippen LogP contribution in [0.5, 0.6) is 5.88 Å². The van der Waals surface area contributed by atoms with Gasteiger partial charge in [-0.1, -0.05) is 18.2 Å². The molecule has 2 aromatic rings. The molecule has 0 spiro atoms. The number of carboxylic acid groups (broad SMARTS) is 3. The van der Waals surface area contributed by atoms with Crippen LogP contribution < -0.4 is 10.1 Å². The smallest absolute Gasteiger partial charge is 0.407 e. The molecule has 2 aliphatic heterocycles. The van der Waals surface area contributed by atoms with Gasteiger partial charge in [0.05, 0.1) is 11.8 Å². The Morgan fingerprint density at radius 3 is 2.25 bits per heavy atom. The van der Waals surface area contributed by atoms with Crippen LogP contribution in [-0.2, 0) is 19.2 Å². The zero-order valence-corrected chi connectivity index (χ0v) is 23.4. The number of aliphatic hydroxyl groups excluding tert-OH is 1. The molecule has 0 bridgehead atoms. The van der Waals surface area contributed by atoms with Crippen molar-refractivity contribution in [1.29, 1.82) is 0 Å². The Balaban J connectivity index is 1.52. The maximum atomic E-state index is 13.3. The van der Waals surface area contributed by atoms with Crippen LogP contribution in [0.2, 0.25) is 0 Å². The van der Waals surface area contributed by atoms with Gasteiger partial charge in [-0.3, -0.25) is 19.2 Å². The lowest BCUT2D eigenvalue weighted by molar-refractivity contribution is -0.149. The van der Waals surface area contributed by atoms with E-state index in [0.29, 0.717) is 5.69 Å². The molecule has 17 nitrogen and oxygen atoms in total. The van der Waals surface area contributed by atoms with Gasteiger partial charge in [-0.15, -0.1) is 0 Å². The van der Waals surface area contributed by atoms with E-state index in [1.54, 1.807) is 30.3 Å². The van der Waals surface area contributed by atoms with E-state index in [-0.39, 0.29) is 57.1 Å². The molecule has 1 aromatic carbocycles. The minimum atomic E-state index is -1.26. The number of benzene rings is 1. The minimum Gasteiger partial charge on any atom is -0.481 e. The van der Waals surface area contributed by atoms with Crippen LogP contribution in [0.15, 0.2) is 36.4 Å². The number of likely N-dealkylation sites (tertiary alicyclic amines) is 1. The average molecular weight is 617 g/mol. The molecule has 5 N–H and O–H groups in total. The number of nitrogens with one attached hydrogen (secondary N) is 1. The lowest BCUT2D eigenvalue weighted by Crippen LogP contribution is -2.55. The summed E-state index contributed by atoms with van der Waals surface area (Å²) in [6.07, 6.45) is -2.90. The van der Waals surface area contributed by atoms with Crippen LogP contribution in [0.3, 0.4) is 0 Å². The van der Waals surface area contributed by atoms with Crippen molar-refractivity contribution in [3.8, 4) is 11.6 Å². The third-order valence-corrected chi connectivity index (χ3v) is 7.25. The second kappa shape index (κ2) is 13.9. The summed E-state index contributed by atoms with van der Waals surface area (Å²) in [5.74, 6) is -4.62. The van der Waals surface area contributed by atoms with Crippen molar-refractivity contribution in [2.75, 3.05) is 39.3 Å². The fourth-order valence-electron chi connectivity index (χ4n) is 4.97. The second-order valence-corrected chi connectivity index (χ2v) is 10.2. The number of piperazine rings is 1. The first-order valence-electron chi connectivity index (χ1n) is 13.7. The standard InChI is InChI=1S/C27H32N6O11/c34-17-12-20(26(40)41)32(14-17)21(35)15-44-22-13-19(29-33(22)16-4-2-1-3-5-16)24(38)28-18(6-7-23(36)37)25(39)30-8-10-31(11-9-30)27(42)43/h1-5,13,17-18,20,34H,6-12,14-15H2,(H,28,38)(H,36,37)(H,40,41)(H,42,43)/t17-,18+,20-/m1/s1. The molecular formula is C27H32N6O11. The van der Waals surface area contributed by atoms with Gasteiger partial charge in [0, 0.05) is 51.6 Å². The van der Waals surface area contributed by atoms with Crippen LogP contribution in [0.4, 0.5) is 4.79 Å². The monoisotopic (exact) mass is 616 g/mol. The normalized spacial score (nSPS) is 18.9. The number of β-amino-alcohol motifs (C(OH)–C–C–N with tert-alkyl or cyclic N) is 1. The predicted octanol–water partition coefficient (Wildman–Crippen LogP) is -0.917. The van der Waals surface area contributed by atoms with Crippen LogP contribution in [0, 0.1) is 0 Å². The van der Waals surface area contributed by atoms with Gasteiger partial charge in [-0.2, -0.15) is 5.10 Å². The molecule has 0 saturated carbocycles. The van der Waals surface area contributed by atoms with Crippen LogP contribution in [-0.4, -0.2) is 138 Å². The lowest BCUT2D eigenvalue weighted by Gasteiger charge is -2.35. The number of carbonyl (C=O) groups is 6. The average Bonchev–Trinajstić information content (AvgIpc) is 3.62. The number of ether oxygens (including phenoxy) is 1. The Morgan fingerprint density at radius 1 is 0.977 bits per heavy atom. The fraction of sp³-hybridized carbons (Fsp3) is 0.444. The molecule has 2 aliphatic rings. The number of hydrogen-bond acceptors (Lipinski definition) is 9. The molecule has 44 heavy (non-hydrogen) atoms. The van der Waals surface area contributed by atoms with Gasteiger partial charge in [-0.25, -0.2) is 14.3 Å². The van der Waals surface area contributed by atoms with E-state index < -0.39 is 67.0 Å². The molecule has 3 heterocycles. The summed E-state index contributed by atoms with van der Waals surface area (Å²) in [6.45, 7) is -0.553. The molecule has 2 saturated heterocycles. The second-order valence-electron chi connectivity index (χ2n) is 10.2. The van der Waals surface area contributed by atoms with Crippen molar-refractivity contribution in [3.63, 3.8) is 0 Å². The van der Waals surface area contributed by atoms with Crippen molar-refractivity contribution in [3.05, 3.63) is 42.1 Å². The summed E-state index contributed by atoms with van der Waals surface area (Å²) < 4.78 is 6.90. The number of aromatic nitrogens is 2. The van der Waals surface area contributed by atoms with Crippen molar-refractivity contribution >= 4 is 35.8 Å². The number of aliphatic carboxylic acids is 2. The van der Waals surface area contributed by atoms with E-state index in [9.17, 15) is 44.1 Å². The summed E-state index contributed by atoms with van der Waals surface area (Å²) in [6, 6.07) is 7.18. The number of nitrogens with zero attached hydrogens (tertiary/aromatic N) is 5. The number of rotatable bonds is 11. The predicted molar refractivity (Wildman–Crippen MR) is 147 cm³/mol. The van der Waals surface area contributed by atoms with E-state index in [2.05, 4.69) is 10.4 Å². The number of amides is 4. The Kier molecular flexibility index (Phi) is 9.99. The molecule has 3 atom stereocenters. The molecule has 236 valence electrons. The maximum Gasteiger partial charge on any atom is 0.407 e. The quantitative estimate of drug-likeness (QED) is 0.206. The SMILES string of the molecule is O=C(O)CC[C@H](NC(=O)c1cc(OCC(=O)N2C[C@H](O)C[C@@H]2C(=O)O)n(-c2ccccc2)n1)C(=O)N1CCN(C(=O)O)CC1. The van der Waals surface area contributed by atoms with Gasteiger partial charge in [0.25, 0.3) is 11.8 Å². The fourth-order valence-corrected chi connectivity index (χ4v) is 4.97. The van der Waals surface area contributed by atoms with E-state index >= 15 is 0 Å². The maximum absolute atomic E-state index is 13.3. The van der Waals surface area contributed by atoms with E-state index in [4.69, 9.17) is 9.84 Å². The van der Waals surface area contributed by atoms with Crippen LogP contribution in [0.1, 0.15) is 29.8 Å².